The van der Waals surface area contributed by atoms with Crippen molar-refractivity contribution in [3.63, 3.8) is 0 Å². The number of hydrogen-bond acceptors (Lipinski definition) is 2. The first-order valence-corrected chi connectivity index (χ1v) is 6.09. The minimum atomic E-state index is -0.0806. The Morgan fingerprint density at radius 3 is 2.78 bits per heavy atom. The number of nitrogens with one attached hydrogen (secondary N) is 2. The van der Waals surface area contributed by atoms with Crippen molar-refractivity contribution in [2.24, 2.45) is 0 Å². The zero-order valence-corrected chi connectivity index (χ0v) is 10.9. The molecule has 2 rings (SSSR count). The maximum Gasteiger partial charge on any atom is 0.224 e. The third-order valence-corrected chi connectivity index (χ3v) is 3.12. The lowest BCUT2D eigenvalue weighted by Gasteiger charge is -2.05. The van der Waals surface area contributed by atoms with Gasteiger partial charge in [-0.2, -0.15) is 5.10 Å². The Morgan fingerprint density at radius 2 is 2.11 bits per heavy atom. The lowest BCUT2D eigenvalue weighted by molar-refractivity contribution is -0.120. The number of hydrogen-bond donors (Lipinski definition) is 2. The van der Waals surface area contributed by atoms with E-state index < -0.39 is 0 Å². The van der Waals surface area contributed by atoms with Gasteiger partial charge in [0.05, 0.1) is 28.7 Å². The number of aromatic amines is 1. The third kappa shape index (κ3) is 3.48. The van der Waals surface area contributed by atoms with Crippen molar-refractivity contribution in [2.75, 3.05) is 0 Å². The Balaban J connectivity index is 1.88. The summed E-state index contributed by atoms with van der Waals surface area (Å²) in [5.74, 6) is -0.0806. The van der Waals surface area contributed by atoms with Gasteiger partial charge in [0, 0.05) is 6.20 Å². The molecule has 0 saturated heterocycles. The predicted octanol–water partition coefficient (Wildman–Crippen LogP) is 2.58. The Labute approximate surface area is 114 Å². The summed E-state index contributed by atoms with van der Waals surface area (Å²) in [7, 11) is 0. The van der Waals surface area contributed by atoms with E-state index in [-0.39, 0.29) is 12.3 Å². The summed E-state index contributed by atoms with van der Waals surface area (Å²) in [5.41, 5.74) is 1.68. The minimum absolute atomic E-state index is 0.0806. The summed E-state index contributed by atoms with van der Waals surface area (Å²) in [6.07, 6.45) is 1.91. The fourth-order valence-corrected chi connectivity index (χ4v) is 1.80. The van der Waals surface area contributed by atoms with Crippen LogP contribution in [0.25, 0.3) is 0 Å². The second-order valence-electron chi connectivity index (χ2n) is 3.78. The summed E-state index contributed by atoms with van der Waals surface area (Å²) < 4.78 is 0. The smallest absolute Gasteiger partial charge is 0.224 e. The molecule has 1 heterocycles. The highest BCUT2D eigenvalue weighted by Crippen LogP contribution is 2.22. The van der Waals surface area contributed by atoms with Crippen molar-refractivity contribution in [3.8, 4) is 0 Å². The highest BCUT2D eigenvalue weighted by atomic mass is 35.5. The van der Waals surface area contributed by atoms with Crippen LogP contribution in [0, 0.1) is 0 Å². The maximum atomic E-state index is 11.7. The van der Waals surface area contributed by atoms with Gasteiger partial charge in [0.25, 0.3) is 0 Å². The summed E-state index contributed by atoms with van der Waals surface area (Å²) in [6.45, 7) is 0.431. The van der Waals surface area contributed by atoms with Crippen LogP contribution in [-0.4, -0.2) is 16.1 Å². The average molecular weight is 284 g/mol. The van der Waals surface area contributed by atoms with Crippen molar-refractivity contribution in [1.82, 2.24) is 15.5 Å². The van der Waals surface area contributed by atoms with Gasteiger partial charge in [-0.3, -0.25) is 9.89 Å². The van der Waals surface area contributed by atoms with Gasteiger partial charge >= 0.3 is 0 Å². The van der Waals surface area contributed by atoms with Gasteiger partial charge in [0.2, 0.25) is 5.91 Å². The van der Waals surface area contributed by atoms with Gasteiger partial charge in [0.1, 0.15) is 0 Å². The van der Waals surface area contributed by atoms with Crippen LogP contribution in [0.1, 0.15) is 11.3 Å². The van der Waals surface area contributed by atoms with Gasteiger partial charge in [-0.25, -0.2) is 0 Å². The van der Waals surface area contributed by atoms with Gasteiger partial charge in [0.15, 0.2) is 0 Å². The van der Waals surface area contributed by atoms with E-state index in [1.165, 1.54) is 0 Å². The zero-order chi connectivity index (χ0) is 13.0. The minimum Gasteiger partial charge on any atom is -0.350 e. The standard InChI is InChI=1S/C12H11Cl2N3O/c13-10-2-1-8(5-11(10)14)6-12(18)15-7-9-3-4-16-17-9/h1-5H,6-7H2,(H,15,18)(H,16,17). The van der Waals surface area contributed by atoms with E-state index in [4.69, 9.17) is 23.2 Å². The molecule has 2 N–H and O–H groups in total. The van der Waals surface area contributed by atoms with E-state index in [1.807, 2.05) is 0 Å². The number of amides is 1. The summed E-state index contributed by atoms with van der Waals surface area (Å²) in [6, 6.07) is 6.96. The van der Waals surface area contributed by atoms with E-state index in [0.29, 0.717) is 16.6 Å². The molecule has 0 bridgehead atoms. The molecule has 0 aliphatic heterocycles. The molecule has 0 spiro atoms. The molecule has 0 unspecified atom stereocenters. The second-order valence-corrected chi connectivity index (χ2v) is 4.60. The monoisotopic (exact) mass is 283 g/mol. The highest BCUT2D eigenvalue weighted by Gasteiger charge is 2.05. The van der Waals surface area contributed by atoms with Crippen LogP contribution in [0.15, 0.2) is 30.5 Å². The van der Waals surface area contributed by atoms with Crippen LogP contribution in [-0.2, 0) is 17.8 Å². The molecule has 0 radical (unpaired) electrons. The van der Waals surface area contributed by atoms with Crippen LogP contribution in [0.4, 0.5) is 0 Å². The molecular formula is C12H11Cl2N3O. The molecule has 6 heteroatoms. The molecule has 1 amide bonds. The first-order valence-electron chi connectivity index (χ1n) is 5.34. The maximum absolute atomic E-state index is 11.7. The Kier molecular flexibility index (Phi) is 4.23. The third-order valence-electron chi connectivity index (χ3n) is 2.38. The van der Waals surface area contributed by atoms with Crippen molar-refractivity contribution >= 4 is 29.1 Å². The number of carbonyl (C=O) groups is 1. The van der Waals surface area contributed by atoms with Gasteiger partial charge in [-0.05, 0) is 23.8 Å². The number of H-pyrrole nitrogens is 1. The van der Waals surface area contributed by atoms with Crippen LogP contribution < -0.4 is 5.32 Å². The quantitative estimate of drug-likeness (QED) is 0.906. The fraction of sp³-hybridized carbons (Fsp3) is 0.167. The molecule has 18 heavy (non-hydrogen) atoms. The average Bonchev–Trinajstić information content (AvgIpc) is 2.84. The van der Waals surface area contributed by atoms with Gasteiger partial charge in [-0.1, -0.05) is 29.3 Å². The van der Waals surface area contributed by atoms with E-state index in [1.54, 1.807) is 30.5 Å². The SMILES string of the molecule is O=C(Cc1ccc(Cl)c(Cl)c1)NCc1ccn[nH]1. The van der Waals surface area contributed by atoms with Crippen LogP contribution in [0.2, 0.25) is 10.0 Å². The molecule has 1 aromatic carbocycles. The van der Waals surface area contributed by atoms with Crippen molar-refractivity contribution in [3.05, 3.63) is 51.8 Å². The molecule has 4 nitrogen and oxygen atoms in total. The lowest BCUT2D eigenvalue weighted by Crippen LogP contribution is -2.24. The van der Waals surface area contributed by atoms with E-state index in [9.17, 15) is 4.79 Å². The highest BCUT2D eigenvalue weighted by molar-refractivity contribution is 6.42. The number of benzene rings is 1. The molecule has 0 atom stereocenters. The predicted molar refractivity (Wildman–Crippen MR) is 70.6 cm³/mol. The van der Waals surface area contributed by atoms with Crippen LogP contribution in [0.3, 0.4) is 0 Å². The van der Waals surface area contributed by atoms with Gasteiger partial charge in [-0.15, -0.1) is 0 Å². The first-order chi connectivity index (χ1) is 8.65. The number of nitrogens with zero attached hydrogens (tertiary/aromatic N) is 1. The van der Waals surface area contributed by atoms with Gasteiger partial charge < -0.3 is 5.32 Å². The fourth-order valence-electron chi connectivity index (χ4n) is 1.47. The molecule has 1 aromatic heterocycles. The topological polar surface area (TPSA) is 57.8 Å². The number of halogens is 2. The molecule has 0 saturated carbocycles. The molecule has 0 fully saturated rings. The Bertz CT molecular complexity index is 540. The first kappa shape index (κ1) is 12.9. The van der Waals surface area contributed by atoms with E-state index >= 15 is 0 Å². The number of aromatic nitrogens is 2. The summed E-state index contributed by atoms with van der Waals surface area (Å²) in [5, 5.41) is 10.3. The molecule has 94 valence electrons. The summed E-state index contributed by atoms with van der Waals surface area (Å²) in [4.78, 5) is 11.7. The number of carbonyl (C=O) groups excluding carboxylic acids is 1. The molecule has 0 aliphatic rings. The normalized spacial score (nSPS) is 10.3. The lowest BCUT2D eigenvalue weighted by atomic mass is 10.1. The summed E-state index contributed by atoms with van der Waals surface area (Å²) >= 11 is 11.7. The molecular weight excluding hydrogens is 273 g/mol. The molecule has 0 aliphatic carbocycles. The zero-order valence-electron chi connectivity index (χ0n) is 9.41. The molecule has 2 aromatic rings. The van der Waals surface area contributed by atoms with Crippen molar-refractivity contribution in [2.45, 2.75) is 13.0 Å². The van der Waals surface area contributed by atoms with Crippen molar-refractivity contribution < 1.29 is 4.79 Å². The number of rotatable bonds is 4. The van der Waals surface area contributed by atoms with Crippen LogP contribution in [0.5, 0.6) is 0 Å². The largest absolute Gasteiger partial charge is 0.350 e. The second kappa shape index (κ2) is 5.89. The van der Waals surface area contributed by atoms with Crippen LogP contribution >= 0.6 is 23.2 Å². The Hall–Kier alpha value is -1.52. The van der Waals surface area contributed by atoms with E-state index in [2.05, 4.69) is 15.5 Å². The van der Waals surface area contributed by atoms with E-state index in [0.717, 1.165) is 11.3 Å². The van der Waals surface area contributed by atoms with Crippen molar-refractivity contribution in [1.29, 1.82) is 0 Å². The Morgan fingerprint density at radius 1 is 1.28 bits per heavy atom.